The largest absolute Gasteiger partial charge is 0.491 e. The van der Waals surface area contributed by atoms with E-state index in [9.17, 15) is 13.2 Å². The smallest absolute Gasteiger partial charge is 0.411 e. The molecule has 0 saturated heterocycles. The Labute approximate surface area is 131 Å². The molecule has 2 N–H and O–H groups in total. The van der Waals surface area contributed by atoms with Crippen LogP contribution in [0.2, 0.25) is 0 Å². The average molecular weight is 421 g/mol. The fourth-order valence-corrected chi connectivity index (χ4v) is 2.90. The van der Waals surface area contributed by atoms with E-state index in [1.165, 1.54) is 0 Å². The first kappa shape index (κ1) is 17.7. The zero-order valence-corrected chi connectivity index (χ0v) is 13.6. The quantitative estimate of drug-likeness (QED) is 0.677. The molecule has 114 valence electrons. The molecule has 0 unspecified atom stereocenters. The fourth-order valence-electron chi connectivity index (χ4n) is 1.39. The minimum absolute atomic E-state index is 0.00433. The Hall–Kier alpha value is -0.310. The maximum Gasteiger partial charge on any atom is 0.411 e. The van der Waals surface area contributed by atoms with Gasteiger partial charge in [-0.25, -0.2) is 0 Å². The molecule has 0 aromatic heterocycles. The van der Waals surface area contributed by atoms with E-state index >= 15 is 0 Å². The van der Waals surface area contributed by atoms with Crippen LogP contribution in [0.15, 0.2) is 21.1 Å². The number of nitrogens with two attached hydrogens (primary N) is 1. The monoisotopic (exact) mass is 419 g/mol. The number of benzene rings is 1. The number of hydrogen-bond acceptors (Lipinski definition) is 3. The van der Waals surface area contributed by atoms with Gasteiger partial charge in [-0.1, -0.05) is 0 Å². The van der Waals surface area contributed by atoms with Gasteiger partial charge in [-0.3, -0.25) is 0 Å². The van der Waals surface area contributed by atoms with Crippen molar-refractivity contribution >= 4 is 31.9 Å². The van der Waals surface area contributed by atoms with Crippen LogP contribution in [0, 0.1) is 0 Å². The van der Waals surface area contributed by atoms with Crippen molar-refractivity contribution in [2.45, 2.75) is 19.1 Å². The van der Waals surface area contributed by atoms with Crippen molar-refractivity contribution in [3.8, 4) is 5.75 Å². The molecule has 0 aliphatic heterocycles. The van der Waals surface area contributed by atoms with E-state index < -0.39 is 12.8 Å². The SMILES string of the molecule is NCc1cc(Br)c(OCCCOCC(F)(F)F)c(Br)c1. The van der Waals surface area contributed by atoms with E-state index in [2.05, 4.69) is 36.6 Å². The summed E-state index contributed by atoms with van der Waals surface area (Å²) < 4.78 is 47.0. The molecule has 0 atom stereocenters. The minimum Gasteiger partial charge on any atom is -0.491 e. The predicted molar refractivity (Wildman–Crippen MR) is 76.7 cm³/mol. The van der Waals surface area contributed by atoms with E-state index in [0.717, 1.165) is 14.5 Å². The van der Waals surface area contributed by atoms with Crippen molar-refractivity contribution in [2.24, 2.45) is 5.73 Å². The molecule has 1 aromatic carbocycles. The van der Waals surface area contributed by atoms with Crippen LogP contribution in [0.5, 0.6) is 5.75 Å². The van der Waals surface area contributed by atoms with Gasteiger partial charge in [-0.2, -0.15) is 13.2 Å². The molecule has 0 amide bonds. The summed E-state index contributed by atoms with van der Waals surface area (Å²) in [5, 5.41) is 0. The molecule has 0 saturated carbocycles. The van der Waals surface area contributed by atoms with Crippen LogP contribution in [0.1, 0.15) is 12.0 Å². The zero-order chi connectivity index (χ0) is 15.2. The van der Waals surface area contributed by atoms with Crippen LogP contribution in [-0.4, -0.2) is 26.0 Å². The Balaban J connectivity index is 2.36. The van der Waals surface area contributed by atoms with E-state index in [4.69, 9.17) is 10.5 Å². The zero-order valence-electron chi connectivity index (χ0n) is 10.5. The van der Waals surface area contributed by atoms with Crippen LogP contribution < -0.4 is 10.5 Å². The summed E-state index contributed by atoms with van der Waals surface area (Å²) in [5.41, 5.74) is 6.47. The van der Waals surface area contributed by atoms with Gasteiger partial charge >= 0.3 is 6.18 Å². The molecule has 0 heterocycles. The highest BCUT2D eigenvalue weighted by Crippen LogP contribution is 2.34. The van der Waals surface area contributed by atoms with Crippen LogP contribution in [-0.2, 0) is 11.3 Å². The molecule has 1 aromatic rings. The van der Waals surface area contributed by atoms with Gasteiger partial charge in [-0.05, 0) is 49.6 Å². The molecule has 0 aliphatic rings. The number of halogens is 5. The molecular formula is C12H14Br2F3NO2. The molecule has 20 heavy (non-hydrogen) atoms. The minimum atomic E-state index is -4.29. The van der Waals surface area contributed by atoms with Crippen molar-refractivity contribution in [2.75, 3.05) is 19.8 Å². The van der Waals surface area contributed by atoms with Crippen LogP contribution >= 0.6 is 31.9 Å². The first-order valence-corrected chi connectivity index (χ1v) is 7.37. The van der Waals surface area contributed by atoms with Crippen LogP contribution in [0.4, 0.5) is 13.2 Å². The highest BCUT2D eigenvalue weighted by atomic mass is 79.9. The molecule has 0 fully saturated rings. The van der Waals surface area contributed by atoms with Gasteiger partial charge in [0.15, 0.2) is 0 Å². The number of alkyl halides is 3. The number of hydrogen-bond donors (Lipinski definition) is 1. The summed E-state index contributed by atoms with van der Waals surface area (Å²) in [6.07, 6.45) is -3.92. The number of ether oxygens (including phenoxy) is 2. The highest BCUT2D eigenvalue weighted by Gasteiger charge is 2.27. The van der Waals surface area contributed by atoms with Gasteiger partial charge in [0, 0.05) is 13.0 Å². The van der Waals surface area contributed by atoms with Gasteiger partial charge in [0.2, 0.25) is 0 Å². The standard InChI is InChI=1S/C12H14Br2F3NO2/c13-9-4-8(6-18)5-10(14)11(9)20-3-1-2-19-7-12(15,16)17/h4-5H,1-3,6-7,18H2. The highest BCUT2D eigenvalue weighted by molar-refractivity contribution is 9.11. The Bertz CT molecular complexity index is 418. The molecule has 0 aliphatic carbocycles. The summed E-state index contributed by atoms with van der Waals surface area (Å²) >= 11 is 6.71. The lowest BCUT2D eigenvalue weighted by atomic mass is 10.2. The normalized spacial score (nSPS) is 11.7. The summed E-state index contributed by atoms with van der Waals surface area (Å²) in [6.45, 7) is -0.568. The van der Waals surface area contributed by atoms with Gasteiger partial charge in [0.1, 0.15) is 12.4 Å². The van der Waals surface area contributed by atoms with E-state index in [-0.39, 0.29) is 13.2 Å². The van der Waals surface area contributed by atoms with Crippen molar-refractivity contribution in [1.82, 2.24) is 0 Å². The molecule has 8 heteroatoms. The van der Waals surface area contributed by atoms with E-state index in [1.807, 2.05) is 12.1 Å². The summed E-state index contributed by atoms with van der Waals surface area (Å²) in [6, 6.07) is 3.67. The summed E-state index contributed by atoms with van der Waals surface area (Å²) in [4.78, 5) is 0. The molecule has 0 radical (unpaired) electrons. The van der Waals surface area contributed by atoms with Gasteiger partial charge in [-0.15, -0.1) is 0 Å². The lowest BCUT2D eigenvalue weighted by Crippen LogP contribution is -2.18. The van der Waals surface area contributed by atoms with Crippen LogP contribution in [0.25, 0.3) is 0 Å². The van der Waals surface area contributed by atoms with Crippen molar-refractivity contribution in [3.63, 3.8) is 0 Å². The molecule has 1 rings (SSSR count). The topological polar surface area (TPSA) is 44.5 Å². The first-order chi connectivity index (χ1) is 9.33. The van der Waals surface area contributed by atoms with Gasteiger partial charge in [0.25, 0.3) is 0 Å². The van der Waals surface area contributed by atoms with Crippen molar-refractivity contribution in [3.05, 3.63) is 26.6 Å². The Morgan fingerprint density at radius 2 is 1.70 bits per heavy atom. The second-order valence-electron chi connectivity index (χ2n) is 3.96. The second-order valence-corrected chi connectivity index (χ2v) is 5.67. The van der Waals surface area contributed by atoms with Crippen LogP contribution in [0.3, 0.4) is 0 Å². The third-order valence-corrected chi connectivity index (χ3v) is 3.42. The third-order valence-electron chi connectivity index (χ3n) is 2.24. The first-order valence-electron chi connectivity index (χ1n) is 5.79. The lowest BCUT2D eigenvalue weighted by molar-refractivity contribution is -0.174. The summed E-state index contributed by atoms with van der Waals surface area (Å²) in [7, 11) is 0. The van der Waals surface area contributed by atoms with Crippen molar-refractivity contribution < 1.29 is 22.6 Å². The maximum absolute atomic E-state index is 11.8. The molecule has 3 nitrogen and oxygen atoms in total. The third kappa shape index (κ3) is 6.43. The Morgan fingerprint density at radius 3 is 2.20 bits per heavy atom. The fraction of sp³-hybridized carbons (Fsp3) is 0.500. The predicted octanol–water partition coefficient (Wildman–Crippen LogP) is 4.02. The second kappa shape index (κ2) is 8.21. The van der Waals surface area contributed by atoms with E-state index in [1.54, 1.807) is 0 Å². The van der Waals surface area contributed by atoms with Crippen molar-refractivity contribution in [1.29, 1.82) is 0 Å². The molecule has 0 bridgehead atoms. The lowest BCUT2D eigenvalue weighted by Gasteiger charge is -2.12. The number of rotatable bonds is 7. The van der Waals surface area contributed by atoms with E-state index in [0.29, 0.717) is 18.7 Å². The Morgan fingerprint density at radius 1 is 1.10 bits per heavy atom. The summed E-state index contributed by atoms with van der Waals surface area (Å²) in [5.74, 6) is 0.595. The maximum atomic E-state index is 11.8. The van der Waals surface area contributed by atoms with Gasteiger partial charge in [0.05, 0.1) is 22.2 Å². The average Bonchev–Trinajstić information content (AvgIpc) is 2.34. The molecular weight excluding hydrogens is 407 g/mol. The van der Waals surface area contributed by atoms with Gasteiger partial charge < -0.3 is 15.2 Å². The Kier molecular flexibility index (Phi) is 7.28. The molecule has 0 spiro atoms.